The molecule has 34 heavy (non-hydrogen) atoms. The van der Waals surface area contributed by atoms with Crippen LogP contribution in [0.1, 0.15) is 11.1 Å². The molecule has 0 aliphatic carbocycles. The summed E-state index contributed by atoms with van der Waals surface area (Å²) in [7, 11) is 0. The number of nitrogens with one attached hydrogen (secondary N) is 1. The number of fused-ring (bicyclic) bond motifs is 2. The van der Waals surface area contributed by atoms with Gasteiger partial charge in [-0.05, 0) is 48.2 Å². The smallest absolute Gasteiger partial charge is 0.339 e. The van der Waals surface area contributed by atoms with E-state index in [1.807, 2.05) is 35.3 Å². The van der Waals surface area contributed by atoms with Crippen molar-refractivity contribution in [3.05, 3.63) is 95.3 Å². The molecule has 2 amide bonds. The number of amides is 2. The zero-order valence-electron chi connectivity index (χ0n) is 18.3. The van der Waals surface area contributed by atoms with Gasteiger partial charge in [0.05, 0.1) is 17.1 Å². The van der Waals surface area contributed by atoms with Crippen molar-refractivity contribution in [2.45, 2.75) is 12.8 Å². The first-order valence-electron chi connectivity index (χ1n) is 11.2. The summed E-state index contributed by atoms with van der Waals surface area (Å²) >= 11 is 1.34. The summed E-state index contributed by atoms with van der Waals surface area (Å²) < 4.78 is 14.7. The Hall–Kier alpha value is -3.91. The van der Waals surface area contributed by atoms with E-state index in [0.717, 1.165) is 42.0 Å². The van der Waals surface area contributed by atoms with E-state index >= 15 is 0 Å². The molecule has 3 aromatic carbocycles. The van der Waals surface area contributed by atoms with Gasteiger partial charge in [-0.15, -0.1) is 11.3 Å². The molecule has 1 N–H and O–H groups in total. The molecule has 0 saturated heterocycles. The van der Waals surface area contributed by atoms with Crippen LogP contribution < -0.4 is 20.2 Å². The van der Waals surface area contributed by atoms with Gasteiger partial charge in [-0.3, -0.25) is 10.3 Å². The second kappa shape index (κ2) is 8.46. The SMILES string of the molecule is O=C(Nc1nccs1)N(c1cc(F)ccc1N1CCc2ccccc21)N1CCc2ccccc21. The normalized spacial score (nSPS) is 14.1. The number of urea groups is 1. The highest BCUT2D eigenvalue weighted by Crippen LogP contribution is 2.42. The lowest BCUT2D eigenvalue weighted by molar-refractivity contribution is 0.256. The van der Waals surface area contributed by atoms with Crippen LogP contribution in [0.2, 0.25) is 0 Å². The van der Waals surface area contributed by atoms with Crippen LogP contribution in [-0.2, 0) is 12.8 Å². The lowest BCUT2D eigenvalue weighted by Crippen LogP contribution is -2.49. The highest BCUT2D eigenvalue weighted by atomic mass is 32.1. The molecule has 170 valence electrons. The van der Waals surface area contributed by atoms with Crippen LogP contribution in [0.5, 0.6) is 0 Å². The number of benzene rings is 3. The maximum Gasteiger partial charge on any atom is 0.347 e. The molecule has 8 heteroatoms. The second-order valence-corrected chi connectivity index (χ2v) is 9.14. The zero-order valence-corrected chi connectivity index (χ0v) is 19.1. The first kappa shape index (κ1) is 20.7. The number of carbonyl (C=O) groups excluding carboxylic acids is 1. The summed E-state index contributed by atoms with van der Waals surface area (Å²) in [4.78, 5) is 20.1. The first-order chi connectivity index (χ1) is 16.7. The monoisotopic (exact) mass is 471 g/mol. The van der Waals surface area contributed by atoms with Crippen molar-refractivity contribution in [2.24, 2.45) is 0 Å². The average Bonchev–Trinajstić information content (AvgIpc) is 3.60. The third-order valence-electron chi connectivity index (χ3n) is 6.29. The number of hydrazine groups is 1. The Bertz CT molecular complexity index is 1360. The average molecular weight is 472 g/mol. The fourth-order valence-electron chi connectivity index (χ4n) is 4.79. The molecule has 0 saturated carbocycles. The minimum Gasteiger partial charge on any atom is -0.339 e. The Kier molecular flexibility index (Phi) is 5.15. The third kappa shape index (κ3) is 3.56. The van der Waals surface area contributed by atoms with Crippen LogP contribution >= 0.6 is 11.3 Å². The standard InChI is InChI=1S/C26H22FN5OS/c27-20-9-10-23(30-14-11-18-5-1-3-7-21(18)30)24(17-20)32(26(33)29-25-28-13-16-34-25)31-15-12-19-6-2-4-8-22(19)31/h1-10,13,16-17H,11-12,14-15H2,(H,28,29,33). The number of halogens is 1. The third-order valence-corrected chi connectivity index (χ3v) is 6.97. The van der Waals surface area contributed by atoms with Gasteiger partial charge < -0.3 is 4.90 Å². The van der Waals surface area contributed by atoms with E-state index in [2.05, 4.69) is 33.4 Å². The van der Waals surface area contributed by atoms with E-state index in [9.17, 15) is 9.18 Å². The van der Waals surface area contributed by atoms with Gasteiger partial charge in [-0.1, -0.05) is 36.4 Å². The summed E-state index contributed by atoms with van der Waals surface area (Å²) in [5.74, 6) is -0.397. The Morgan fingerprint density at radius 1 is 0.941 bits per heavy atom. The van der Waals surface area contributed by atoms with Crippen LogP contribution in [0.15, 0.2) is 78.3 Å². The van der Waals surface area contributed by atoms with E-state index in [1.54, 1.807) is 22.7 Å². The number of hydrogen-bond donors (Lipinski definition) is 1. The molecule has 6 rings (SSSR count). The van der Waals surface area contributed by atoms with Gasteiger partial charge in [0.2, 0.25) is 0 Å². The number of hydrogen-bond acceptors (Lipinski definition) is 5. The van der Waals surface area contributed by atoms with Crippen molar-refractivity contribution in [1.29, 1.82) is 0 Å². The summed E-state index contributed by atoms with van der Waals surface area (Å²) in [5.41, 5.74) is 5.68. The Labute approximate surface area is 200 Å². The minimum absolute atomic E-state index is 0.383. The summed E-state index contributed by atoms with van der Waals surface area (Å²) in [6.07, 6.45) is 3.34. The van der Waals surface area contributed by atoms with E-state index in [1.165, 1.54) is 29.0 Å². The number of nitrogens with zero attached hydrogens (tertiary/aromatic N) is 4. The molecule has 0 radical (unpaired) electrons. The van der Waals surface area contributed by atoms with Gasteiger partial charge in [0.15, 0.2) is 5.13 Å². The van der Waals surface area contributed by atoms with Crippen molar-refractivity contribution in [3.63, 3.8) is 0 Å². The van der Waals surface area contributed by atoms with Crippen molar-refractivity contribution >= 4 is 45.2 Å². The van der Waals surface area contributed by atoms with Crippen molar-refractivity contribution in [1.82, 2.24) is 4.98 Å². The molecular weight excluding hydrogens is 449 g/mol. The predicted octanol–water partition coefficient (Wildman–Crippen LogP) is 5.99. The molecule has 0 unspecified atom stereocenters. The first-order valence-corrected chi connectivity index (χ1v) is 12.1. The maximum atomic E-state index is 14.7. The maximum absolute atomic E-state index is 14.7. The Morgan fingerprint density at radius 2 is 1.68 bits per heavy atom. The summed E-state index contributed by atoms with van der Waals surface area (Å²) in [5, 5.41) is 8.69. The van der Waals surface area contributed by atoms with E-state index < -0.39 is 5.82 Å². The fourth-order valence-corrected chi connectivity index (χ4v) is 5.31. The van der Waals surface area contributed by atoms with Gasteiger partial charge in [0.1, 0.15) is 5.82 Å². The minimum atomic E-state index is -0.397. The highest BCUT2D eigenvalue weighted by Gasteiger charge is 2.33. The summed E-state index contributed by atoms with van der Waals surface area (Å²) in [6.45, 7) is 1.37. The number of rotatable bonds is 4. The molecule has 6 nitrogen and oxygen atoms in total. The lowest BCUT2D eigenvalue weighted by atomic mass is 10.1. The molecule has 4 aromatic rings. The van der Waals surface area contributed by atoms with Crippen LogP contribution in [0.4, 0.5) is 37.1 Å². The highest BCUT2D eigenvalue weighted by molar-refractivity contribution is 7.13. The number of aromatic nitrogens is 1. The van der Waals surface area contributed by atoms with Gasteiger partial charge in [0, 0.05) is 36.4 Å². The van der Waals surface area contributed by atoms with Crippen LogP contribution in [0.25, 0.3) is 0 Å². The van der Waals surface area contributed by atoms with E-state index in [4.69, 9.17) is 0 Å². The number of thiazole rings is 1. The second-order valence-electron chi connectivity index (χ2n) is 8.24. The molecule has 3 heterocycles. The Balaban J connectivity index is 1.48. The quantitative estimate of drug-likeness (QED) is 0.397. The van der Waals surface area contributed by atoms with Crippen molar-refractivity contribution < 1.29 is 9.18 Å². The van der Waals surface area contributed by atoms with Crippen molar-refractivity contribution in [3.8, 4) is 0 Å². The van der Waals surface area contributed by atoms with Crippen molar-refractivity contribution in [2.75, 3.05) is 33.3 Å². The van der Waals surface area contributed by atoms with Crippen LogP contribution in [0, 0.1) is 5.82 Å². The van der Waals surface area contributed by atoms with Gasteiger partial charge >= 0.3 is 6.03 Å². The molecule has 0 atom stereocenters. The largest absolute Gasteiger partial charge is 0.347 e. The summed E-state index contributed by atoms with van der Waals surface area (Å²) in [6, 6.07) is 20.5. The molecule has 2 aliphatic heterocycles. The molecule has 0 bridgehead atoms. The molecule has 0 spiro atoms. The zero-order chi connectivity index (χ0) is 23.1. The molecular formula is C26H22FN5OS. The predicted molar refractivity (Wildman–Crippen MR) is 135 cm³/mol. The Morgan fingerprint density at radius 3 is 2.47 bits per heavy atom. The molecule has 1 aromatic heterocycles. The van der Waals surface area contributed by atoms with Gasteiger partial charge in [-0.2, -0.15) is 0 Å². The van der Waals surface area contributed by atoms with Crippen LogP contribution in [-0.4, -0.2) is 24.1 Å². The topological polar surface area (TPSA) is 51.7 Å². The van der Waals surface area contributed by atoms with E-state index in [-0.39, 0.29) is 6.03 Å². The lowest BCUT2D eigenvalue weighted by Gasteiger charge is -2.36. The molecule has 2 aliphatic rings. The number of anilines is 5. The number of carbonyl (C=O) groups is 1. The van der Waals surface area contributed by atoms with Gasteiger partial charge in [0.25, 0.3) is 0 Å². The van der Waals surface area contributed by atoms with E-state index in [0.29, 0.717) is 17.4 Å². The van der Waals surface area contributed by atoms with Crippen LogP contribution in [0.3, 0.4) is 0 Å². The van der Waals surface area contributed by atoms with Gasteiger partial charge in [-0.25, -0.2) is 19.2 Å². The number of para-hydroxylation sites is 2. The molecule has 0 fully saturated rings. The fraction of sp³-hybridized carbons (Fsp3) is 0.154.